The summed E-state index contributed by atoms with van der Waals surface area (Å²) in [6.07, 6.45) is 5.33. The lowest BCUT2D eigenvalue weighted by Crippen LogP contribution is -2.38. The number of aryl methyl sites for hydroxylation is 1. The predicted octanol–water partition coefficient (Wildman–Crippen LogP) is 4.22. The highest BCUT2D eigenvalue weighted by molar-refractivity contribution is 7.90. The second kappa shape index (κ2) is 11.0. The maximum atomic E-state index is 13.8. The Kier molecular flexibility index (Phi) is 7.53. The number of amides is 1. The molecule has 0 atom stereocenters. The molecule has 1 aliphatic rings. The molecular formula is C28H30FN7O3S. The summed E-state index contributed by atoms with van der Waals surface area (Å²) >= 11 is 0. The van der Waals surface area contributed by atoms with E-state index >= 15 is 0 Å². The van der Waals surface area contributed by atoms with E-state index < -0.39 is 15.8 Å². The first kappa shape index (κ1) is 27.3. The smallest absolute Gasteiger partial charge is 0.289 e. The summed E-state index contributed by atoms with van der Waals surface area (Å²) < 4.78 is 44.6. The van der Waals surface area contributed by atoms with E-state index in [-0.39, 0.29) is 27.8 Å². The van der Waals surface area contributed by atoms with Crippen molar-refractivity contribution in [3.05, 3.63) is 83.4 Å². The van der Waals surface area contributed by atoms with Crippen LogP contribution in [0.25, 0.3) is 5.65 Å². The molecule has 0 unspecified atom stereocenters. The zero-order chi connectivity index (χ0) is 28.4. The number of sulfonamides is 1. The van der Waals surface area contributed by atoms with Gasteiger partial charge in [-0.1, -0.05) is 30.3 Å². The van der Waals surface area contributed by atoms with Gasteiger partial charge in [0, 0.05) is 39.1 Å². The fourth-order valence-corrected chi connectivity index (χ4v) is 5.76. The second-order valence-electron chi connectivity index (χ2n) is 9.99. The van der Waals surface area contributed by atoms with Crippen LogP contribution in [0, 0.1) is 12.7 Å². The monoisotopic (exact) mass is 563 g/mol. The summed E-state index contributed by atoms with van der Waals surface area (Å²) in [5, 5.41) is 7.46. The van der Waals surface area contributed by atoms with E-state index in [0.717, 1.165) is 19.0 Å². The summed E-state index contributed by atoms with van der Waals surface area (Å²) in [6.45, 7) is 2.85. The quantitative estimate of drug-likeness (QED) is 0.265. The van der Waals surface area contributed by atoms with Gasteiger partial charge >= 0.3 is 0 Å². The van der Waals surface area contributed by atoms with Gasteiger partial charge in [-0.05, 0) is 55.0 Å². The van der Waals surface area contributed by atoms with E-state index in [1.165, 1.54) is 39.6 Å². The zero-order valence-corrected chi connectivity index (χ0v) is 23.3. The number of hydrogen-bond acceptors (Lipinski definition) is 6. The van der Waals surface area contributed by atoms with Crippen molar-refractivity contribution in [1.29, 1.82) is 0 Å². The van der Waals surface area contributed by atoms with Crippen molar-refractivity contribution >= 4 is 39.4 Å². The summed E-state index contributed by atoms with van der Waals surface area (Å²) in [7, 11) is -0.811. The number of rotatable bonds is 7. The third-order valence-corrected chi connectivity index (χ3v) is 8.13. The molecule has 1 saturated heterocycles. The molecule has 12 heteroatoms. The fourth-order valence-electron chi connectivity index (χ4n) is 4.79. The number of hydrogen-bond donors (Lipinski definition) is 1. The summed E-state index contributed by atoms with van der Waals surface area (Å²) in [5.74, 6) is -0.0553. The minimum absolute atomic E-state index is 0.0116. The molecule has 0 radical (unpaired) electrons. The van der Waals surface area contributed by atoms with Crippen LogP contribution in [0.4, 0.5) is 15.9 Å². The lowest BCUT2D eigenvalue weighted by atomic mass is 9.89. The Morgan fingerprint density at radius 1 is 1.12 bits per heavy atom. The molecule has 1 amide bonds. The largest absolute Gasteiger partial charge is 0.368 e. The number of benzene rings is 2. The lowest BCUT2D eigenvalue weighted by Gasteiger charge is -2.32. The molecule has 1 aliphatic heterocycles. The van der Waals surface area contributed by atoms with Gasteiger partial charge in [0.05, 0.1) is 6.20 Å². The fraction of sp³-hybridized carbons (Fsp3) is 0.286. The number of carbonyl (C=O) groups excluding carboxylic acids is 1. The minimum atomic E-state index is -4.12. The molecular weight excluding hydrogens is 533 g/mol. The Balaban J connectivity index is 1.53. The van der Waals surface area contributed by atoms with Crippen molar-refractivity contribution in [2.75, 3.05) is 32.5 Å². The lowest BCUT2D eigenvalue weighted by molar-refractivity contribution is 0.0713. The number of piperidine rings is 1. The van der Waals surface area contributed by atoms with Crippen molar-refractivity contribution in [3.8, 4) is 0 Å². The minimum Gasteiger partial charge on any atom is -0.368 e. The summed E-state index contributed by atoms with van der Waals surface area (Å²) in [4.78, 5) is 21.2. The normalized spacial score (nSPS) is 14.7. The molecule has 4 aromatic rings. The Hall–Kier alpha value is -4.32. The third kappa shape index (κ3) is 5.53. The molecule has 0 saturated carbocycles. The van der Waals surface area contributed by atoms with Gasteiger partial charge < -0.3 is 15.1 Å². The Morgan fingerprint density at radius 3 is 2.52 bits per heavy atom. The summed E-state index contributed by atoms with van der Waals surface area (Å²) in [5.41, 5.74) is 2.63. The van der Waals surface area contributed by atoms with Gasteiger partial charge in [0.2, 0.25) is 0 Å². The highest BCUT2D eigenvalue weighted by Gasteiger charge is 2.29. The number of anilines is 2. The number of carbonyl (C=O) groups is 1. The maximum absolute atomic E-state index is 13.8. The molecule has 0 spiro atoms. The molecule has 0 aliphatic carbocycles. The van der Waals surface area contributed by atoms with Crippen LogP contribution in [0.3, 0.4) is 0 Å². The topological polar surface area (TPSA) is 112 Å². The molecule has 208 valence electrons. The molecule has 10 nitrogen and oxygen atoms in total. The standard InChI is InChI=1S/C28H30FN7O3S/c1-19-15-22(29)9-10-24(19)33-26-23(28(37)35-13-11-21(12-14-35)20-7-5-4-6-8-20)16-30-27-25(17-31-36(26)27)40(38,39)32-18-34(2)3/h4-10,15-18,21,33H,11-14H2,1-3H3/b32-18+. The van der Waals surface area contributed by atoms with Crippen LogP contribution in [0.5, 0.6) is 0 Å². The summed E-state index contributed by atoms with van der Waals surface area (Å²) in [6, 6.07) is 14.5. The van der Waals surface area contributed by atoms with E-state index in [4.69, 9.17) is 0 Å². The Labute approximate surface area is 232 Å². The van der Waals surface area contributed by atoms with Crippen LogP contribution in [-0.2, 0) is 10.0 Å². The van der Waals surface area contributed by atoms with Gasteiger partial charge in [0.15, 0.2) is 10.5 Å². The van der Waals surface area contributed by atoms with Crippen LogP contribution in [-0.4, -0.2) is 72.2 Å². The van der Waals surface area contributed by atoms with Crippen molar-refractivity contribution in [3.63, 3.8) is 0 Å². The van der Waals surface area contributed by atoms with Crippen molar-refractivity contribution in [2.45, 2.75) is 30.6 Å². The van der Waals surface area contributed by atoms with Crippen LogP contribution >= 0.6 is 0 Å². The van der Waals surface area contributed by atoms with E-state index in [9.17, 15) is 17.6 Å². The van der Waals surface area contributed by atoms with Gasteiger partial charge in [-0.3, -0.25) is 4.79 Å². The van der Waals surface area contributed by atoms with Gasteiger partial charge in [0.1, 0.15) is 23.5 Å². The number of nitrogens with zero attached hydrogens (tertiary/aromatic N) is 6. The van der Waals surface area contributed by atoms with Gasteiger partial charge in [-0.2, -0.15) is 18.0 Å². The first-order chi connectivity index (χ1) is 19.1. The Bertz CT molecular complexity index is 1680. The molecule has 2 aromatic carbocycles. The van der Waals surface area contributed by atoms with Gasteiger partial charge in [-0.25, -0.2) is 9.37 Å². The molecule has 5 rings (SSSR count). The van der Waals surface area contributed by atoms with Gasteiger partial charge in [-0.15, -0.1) is 4.40 Å². The van der Waals surface area contributed by atoms with Crippen molar-refractivity contribution in [1.82, 2.24) is 24.4 Å². The maximum Gasteiger partial charge on any atom is 0.289 e. The third-order valence-electron chi connectivity index (χ3n) is 6.91. The van der Waals surface area contributed by atoms with Crippen LogP contribution < -0.4 is 5.32 Å². The van der Waals surface area contributed by atoms with Crippen molar-refractivity contribution in [2.24, 2.45) is 4.40 Å². The number of aromatic nitrogens is 3. The van der Waals surface area contributed by atoms with Crippen LogP contribution in [0.2, 0.25) is 0 Å². The van der Waals surface area contributed by atoms with E-state index in [1.807, 2.05) is 18.2 Å². The molecule has 1 N–H and O–H groups in total. The average Bonchev–Trinajstić information content (AvgIpc) is 3.39. The number of likely N-dealkylation sites (tertiary alicyclic amines) is 1. The van der Waals surface area contributed by atoms with Crippen molar-refractivity contribution < 1.29 is 17.6 Å². The second-order valence-corrected chi connectivity index (χ2v) is 11.6. The number of fused-ring (bicyclic) bond motifs is 1. The molecule has 0 bridgehead atoms. The SMILES string of the molecule is Cc1cc(F)ccc1Nc1c(C(=O)N2CCC(c3ccccc3)CC2)cnc2c(S(=O)(=O)/N=C/N(C)C)cnn12. The Morgan fingerprint density at radius 2 is 1.85 bits per heavy atom. The first-order valence-corrected chi connectivity index (χ1v) is 14.3. The van der Waals surface area contributed by atoms with E-state index in [2.05, 4.69) is 31.9 Å². The highest BCUT2D eigenvalue weighted by Crippen LogP contribution is 2.31. The molecule has 3 heterocycles. The average molecular weight is 564 g/mol. The predicted molar refractivity (Wildman–Crippen MR) is 151 cm³/mol. The zero-order valence-electron chi connectivity index (χ0n) is 22.5. The van der Waals surface area contributed by atoms with Gasteiger partial charge in [0.25, 0.3) is 15.9 Å². The molecule has 1 fully saturated rings. The molecule has 2 aromatic heterocycles. The van der Waals surface area contributed by atoms with E-state index in [1.54, 1.807) is 32.0 Å². The van der Waals surface area contributed by atoms with Crippen LogP contribution in [0.1, 0.15) is 40.2 Å². The first-order valence-electron chi connectivity index (χ1n) is 12.8. The molecule has 40 heavy (non-hydrogen) atoms. The van der Waals surface area contributed by atoms with E-state index in [0.29, 0.717) is 30.3 Å². The van der Waals surface area contributed by atoms with Crippen LogP contribution in [0.15, 0.2) is 70.2 Å². The number of nitrogens with one attached hydrogen (secondary N) is 1. The highest BCUT2D eigenvalue weighted by atomic mass is 32.2. The number of halogens is 1.